The number of amides is 3. The Kier molecular flexibility index (Phi) is 11.8. The number of halogens is 1. The van der Waals surface area contributed by atoms with E-state index in [4.69, 9.17) is 5.10 Å². The minimum atomic E-state index is -0.537. The number of likely N-dealkylation sites (tertiary alicyclic amines) is 1. The van der Waals surface area contributed by atoms with Gasteiger partial charge < -0.3 is 15.5 Å². The highest BCUT2D eigenvalue weighted by molar-refractivity contribution is 6.02. The minimum Gasteiger partial charge on any atom is -0.353 e. The molecule has 3 N–H and O–H groups in total. The quantitative estimate of drug-likeness (QED) is 0.134. The predicted octanol–water partition coefficient (Wildman–Crippen LogP) is 6.51. The van der Waals surface area contributed by atoms with Gasteiger partial charge in [0.2, 0.25) is 23.7 Å². The van der Waals surface area contributed by atoms with Gasteiger partial charge in [0.25, 0.3) is 5.56 Å². The average molecular weight is 828 g/mol. The Balaban J connectivity index is 0.702. The third-order valence-corrected chi connectivity index (χ3v) is 13.7. The number of fused-ring (bicyclic) bond motifs is 1. The molecule has 318 valence electrons. The first-order valence-electron chi connectivity index (χ1n) is 22.1. The molecule has 14 heteroatoms. The van der Waals surface area contributed by atoms with Crippen molar-refractivity contribution >= 4 is 34.6 Å². The van der Waals surface area contributed by atoms with Crippen LogP contribution < -0.4 is 21.5 Å². The molecule has 2 aromatic carbocycles. The topological polar surface area (TPSA) is 156 Å². The highest BCUT2D eigenvalue weighted by atomic mass is 19.1. The summed E-state index contributed by atoms with van der Waals surface area (Å²) in [6.45, 7) is 2.15. The van der Waals surface area contributed by atoms with Gasteiger partial charge in [-0.25, -0.2) is 14.4 Å². The maximum absolute atomic E-state index is 15.0. The molecule has 4 aliphatic rings. The fourth-order valence-electron chi connectivity index (χ4n) is 10.3. The number of pyridine rings is 1. The monoisotopic (exact) mass is 827 g/mol. The van der Waals surface area contributed by atoms with Crippen LogP contribution in [0.15, 0.2) is 77.9 Å². The van der Waals surface area contributed by atoms with Crippen LogP contribution in [0.1, 0.15) is 107 Å². The van der Waals surface area contributed by atoms with Crippen LogP contribution in [0.4, 0.5) is 10.3 Å². The Morgan fingerprint density at radius 2 is 1.66 bits per heavy atom. The zero-order valence-electron chi connectivity index (χ0n) is 34.7. The van der Waals surface area contributed by atoms with Crippen molar-refractivity contribution in [2.24, 2.45) is 13.0 Å². The Morgan fingerprint density at radius 1 is 0.869 bits per heavy atom. The summed E-state index contributed by atoms with van der Waals surface area (Å²) in [6, 6.07) is 19.4. The van der Waals surface area contributed by atoms with Crippen molar-refractivity contribution in [2.45, 2.75) is 113 Å². The van der Waals surface area contributed by atoms with Gasteiger partial charge in [-0.15, -0.1) is 0 Å². The molecule has 1 unspecified atom stereocenters. The molecular weight excluding hydrogens is 774 g/mol. The van der Waals surface area contributed by atoms with Crippen LogP contribution in [0.25, 0.3) is 27.8 Å². The predicted molar refractivity (Wildman–Crippen MR) is 231 cm³/mol. The van der Waals surface area contributed by atoms with Crippen LogP contribution in [0.3, 0.4) is 0 Å². The highest BCUT2D eigenvalue weighted by Crippen LogP contribution is 2.37. The fourth-order valence-corrected chi connectivity index (χ4v) is 10.3. The molecule has 13 nitrogen and oxygen atoms in total. The van der Waals surface area contributed by atoms with Crippen molar-refractivity contribution in [3.8, 4) is 16.9 Å². The molecule has 2 aliphatic heterocycles. The third kappa shape index (κ3) is 9.00. The number of nitrogens with one attached hydrogen (secondary N) is 3. The Bertz CT molecular complexity index is 2480. The van der Waals surface area contributed by atoms with E-state index in [9.17, 15) is 23.6 Å². The molecule has 2 aliphatic carbocycles. The zero-order chi connectivity index (χ0) is 42.0. The molecule has 1 atom stereocenters. The molecule has 61 heavy (non-hydrogen) atoms. The lowest BCUT2D eigenvalue weighted by Crippen LogP contribution is -2.43. The number of aromatic nitrogens is 5. The number of benzene rings is 2. The first-order chi connectivity index (χ1) is 29.6. The highest BCUT2D eigenvalue weighted by Gasteiger charge is 2.34. The molecule has 3 aromatic heterocycles. The first kappa shape index (κ1) is 40.6. The van der Waals surface area contributed by atoms with E-state index in [1.54, 1.807) is 42.6 Å². The summed E-state index contributed by atoms with van der Waals surface area (Å²) in [5, 5.41) is 14.9. The summed E-state index contributed by atoms with van der Waals surface area (Å²) in [6.07, 6.45) is 14.3. The number of nitrogens with zero attached hydrogens (tertiary/aromatic N) is 6. The van der Waals surface area contributed by atoms with E-state index >= 15 is 0 Å². The third-order valence-electron chi connectivity index (χ3n) is 13.7. The molecule has 0 bridgehead atoms. The van der Waals surface area contributed by atoms with Crippen molar-refractivity contribution in [1.29, 1.82) is 0 Å². The largest absolute Gasteiger partial charge is 0.353 e. The standard InChI is InChI=1S/C47H54FN9O4/c1-55-40-27-31(10-17-37(40)45(54-55)38-18-19-41(58)52-46(38)61)30-20-23-56(24-21-30)35-15-8-29(9-16-35)25-42(59)50-33-11-13-34(14-12-33)51-47-49-28-39(48)44(53-47)32-5-4-6-36(26-32)57-22-3-2-7-43(57)60/h2-7,10,17,22,26-30,33-35,38H,8-9,11-16,18-21,23-25H2,1H3,(H,50,59)(H,49,51,53)(H,52,58,61)/t29?,33-,34-,35?,38?. The maximum Gasteiger partial charge on any atom is 0.255 e. The van der Waals surface area contributed by atoms with Crippen molar-refractivity contribution in [3.63, 3.8) is 0 Å². The van der Waals surface area contributed by atoms with Gasteiger partial charge in [-0.1, -0.05) is 30.3 Å². The number of hydrogen-bond donors (Lipinski definition) is 3. The second-order valence-electron chi connectivity index (χ2n) is 17.6. The van der Waals surface area contributed by atoms with Crippen molar-refractivity contribution in [1.82, 2.24) is 39.8 Å². The lowest BCUT2D eigenvalue weighted by atomic mass is 9.81. The van der Waals surface area contributed by atoms with Gasteiger partial charge in [0, 0.05) is 66.9 Å². The summed E-state index contributed by atoms with van der Waals surface area (Å²) in [4.78, 5) is 61.3. The smallest absolute Gasteiger partial charge is 0.255 e. The van der Waals surface area contributed by atoms with Crippen LogP contribution in [-0.2, 0) is 21.4 Å². The number of aryl methyl sites for hydroxylation is 1. The van der Waals surface area contributed by atoms with E-state index in [1.807, 2.05) is 11.7 Å². The second-order valence-corrected chi connectivity index (χ2v) is 17.6. The molecule has 9 rings (SSSR count). The summed E-state index contributed by atoms with van der Waals surface area (Å²) in [7, 11) is 1.93. The number of anilines is 1. The van der Waals surface area contributed by atoms with Gasteiger partial charge >= 0.3 is 0 Å². The number of carbonyl (C=O) groups is 3. The normalized spacial score (nSPS) is 24.1. The Labute approximate surface area is 354 Å². The fraction of sp³-hybridized carbons (Fsp3) is 0.468. The van der Waals surface area contributed by atoms with Crippen LogP contribution in [0.2, 0.25) is 0 Å². The number of imide groups is 1. The SMILES string of the molecule is Cn1nc(C2CCC(=O)NC2=O)c2ccc(C3CCN(C4CCC(CC(=O)N[C@H]5CC[C@H](Nc6ncc(F)c(-c7cccc(-n8ccccc8=O)c7)n6)CC5)CC4)CC3)cc21. The summed E-state index contributed by atoms with van der Waals surface area (Å²) >= 11 is 0. The van der Waals surface area contributed by atoms with Gasteiger partial charge in [-0.3, -0.25) is 33.7 Å². The van der Waals surface area contributed by atoms with Crippen molar-refractivity contribution in [2.75, 3.05) is 18.4 Å². The van der Waals surface area contributed by atoms with Crippen LogP contribution >= 0.6 is 0 Å². The van der Waals surface area contributed by atoms with Gasteiger partial charge in [-0.2, -0.15) is 5.10 Å². The molecule has 5 heterocycles. The molecule has 2 saturated heterocycles. The summed E-state index contributed by atoms with van der Waals surface area (Å²) < 4.78 is 18.4. The maximum atomic E-state index is 15.0. The molecule has 0 spiro atoms. The van der Waals surface area contributed by atoms with Gasteiger partial charge in [0.1, 0.15) is 5.69 Å². The van der Waals surface area contributed by atoms with Crippen LogP contribution in [0, 0.1) is 11.7 Å². The van der Waals surface area contributed by atoms with E-state index < -0.39 is 11.7 Å². The van der Waals surface area contributed by atoms with Crippen molar-refractivity contribution in [3.05, 3.63) is 100 Å². The summed E-state index contributed by atoms with van der Waals surface area (Å²) in [5.74, 6) is 0.00845. The average Bonchev–Trinajstić information content (AvgIpc) is 3.60. The molecule has 5 aromatic rings. The summed E-state index contributed by atoms with van der Waals surface area (Å²) in [5.41, 5.74) is 4.28. The number of rotatable bonds is 10. The van der Waals surface area contributed by atoms with Gasteiger partial charge in [0.05, 0.1) is 23.3 Å². The Hall–Kier alpha value is -5.76. The molecule has 3 amide bonds. The number of piperidine rings is 2. The van der Waals surface area contributed by atoms with Gasteiger partial charge in [-0.05, 0) is 125 Å². The van der Waals surface area contributed by atoms with E-state index in [0.717, 1.165) is 93.9 Å². The Morgan fingerprint density at radius 3 is 2.43 bits per heavy atom. The van der Waals surface area contributed by atoms with Crippen LogP contribution in [0.5, 0.6) is 0 Å². The molecule has 0 radical (unpaired) electrons. The zero-order valence-corrected chi connectivity index (χ0v) is 34.7. The van der Waals surface area contributed by atoms with Crippen molar-refractivity contribution < 1.29 is 18.8 Å². The molecular formula is C47H54FN9O4. The molecule has 4 fully saturated rings. The van der Waals surface area contributed by atoms with E-state index in [1.165, 1.54) is 22.4 Å². The minimum absolute atomic E-state index is 0.117. The van der Waals surface area contributed by atoms with E-state index in [0.29, 0.717) is 54.3 Å². The van der Waals surface area contributed by atoms with Crippen LogP contribution in [-0.4, -0.2) is 78.2 Å². The van der Waals surface area contributed by atoms with E-state index in [-0.39, 0.29) is 41.1 Å². The first-order valence-corrected chi connectivity index (χ1v) is 22.1. The van der Waals surface area contributed by atoms with Gasteiger partial charge in [0.15, 0.2) is 5.82 Å². The number of hydrogen-bond acceptors (Lipinski definition) is 9. The second kappa shape index (κ2) is 17.7. The molecule has 2 saturated carbocycles. The lowest BCUT2D eigenvalue weighted by molar-refractivity contribution is -0.134. The lowest BCUT2D eigenvalue weighted by Gasteiger charge is -2.41. The number of carbonyl (C=O) groups excluding carboxylic acids is 3. The van der Waals surface area contributed by atoms with E-state index in [2.05, 4.69) is 49.0 Å².